The number of aliphatic hydroxyl groups excluding tert-OH is 1. The molecule has 3 nitrogen and oxygen atoms in total. The number of aliphatic hydroxyl groups is 2. The van der Waals surface area contributed by atoms with Gasteiger partial charge in [0.25, 0.3) is 0 Å². The van der Waals surface area contributed by atoms with Gasteiger partial charge in [-0.05, 0) is 85.5 Å². The second kappa shape index (κ2) is 4.97. The fourth-order valence-electron chi connectivity index (χ4n) is 6.02. The summed E-state index contributed by atoms with van der Waals surface area (Å²) >= 11 is 0. The van der Waals surface area contributed by atoms with Gasteiger partial charge in [-0.3, -0.25) is 0 Å². The van der Waals surface area contributed by atoms with Crippen molar-refractivity contribution >= 4 is 0 Å². The van der Waals surface area contributed by atoms with E-state index in [4.69, 9.17) is 4.74 Å². The molecule has 2 saturated carbocycles. The number of ether oxygens (including phenoxy) is 1. The summed E-state index contributed by atoms with van der Waals surface area (Å²) in [6.07, 6.45) is 4.49. The molecule has 0 bridgehead atoms. The Morgan fingerprint density at radius 3 is 2.74 bits per heavy atom. The molecule has 6 atom stereocenters. The van der Waals surface area contributed by atoms with Crippen molar-refractivity contribution in [3.8, 4) is 5.75 Å². The molecule has 2 N–H and O–H groups in total. The van der Waals surface area contributed by atoms with Crippen LogP contribution in [-0.4, -0.2) is 29.0 Å². The van der Waals surface area contributed by atoms with Crippen molar-refractivity contribution in [2.75, 3.05) is 7.11 Å². The van der Waals surface area contributed by atoms with Crippen LogP contribution in [-0.2, 0) is 6.42 Å². The molecule has 23 heavy (non-hydrogen) atoms. The minimum atomic E-state index is -0.936. The third-order valence-corrected chi connectivity index (χ3v) is 7.22. The fraction of sp³-hybridized carbons (Fsp3) is 0.700. The Labute approximate surface area is 138 Å². The predicted octanol–water partition coefficient (Wildman–Crippen LogP) is 3.27. The molecule has 0 heterocycles. The maximum atomic E-state index is 10.7. The Bertz CT molecular complexity index is 623. The lowest BCUT2D eigenvalue weighted by Crippen LogP contribution is -2.46. The van der Waals surface area contributed by atoms with Gasteiger partial charge in [-0.2, -0.15) is 0 Å². The molecule has 0 spiro atoms. The highest BCUT2D eigenvalue weighted by molar-refractivity contribution is 5.40. The number of benzene rings is 1. The van der Waals surface area contributed by atoms with E-state index in [-0.39, 0.29) is 5.41 Å². The molecule has 1 aromatic carbocycles. The van der Waals surface area contributed by atoms with Crippen LogP contribution in [0.25, 0.3) is 0 Å². The monoisotopic (exact) mass is 316 g/mol. The average molecular weight is 316 g/mol. The maximum absolute atomic E-state index is 10.7. The molecule has 3 aliphatic carbocycles. The molecule has 3 heteroatoms. The van der Waals surface area contributed by atoms with Gasteiger partial charge in [-0.1, -0.05) is 13.0 Å². The van der Waals surface area contributed by atoms with Crippen LogP contribution in [0.3, 0.4) is 0 Å². The summed E-state index contributed by atoms with van der Waals surface area (Å²) in [4.78, 5) is 0. The molecule has 0 unspecified atom stereocenters. The van der Waals surface area contributed by atoms with E-state index in [1.165, 1.54) is 11.1 Å². The van der Waals surface area contributed by atoms with Crippen LogP contribution in [0, 0.1) is 17.3 Å². The fourth-order valence-corrected chi connectivity index (χ4v) is 6.02. The van der Waals surface area contributed by atoms with Gasteiger partial charge in [0.1, 0.15) is 5.75 Å². The van der Waals surface area contributed by atoms with Crippen molar-refractivity contribution in [3.05, 3.63) is 29.3 Å². The van der Waals surface area contributed by atoms with E-state index in [0.29, 0.717) is 17.8 Å². The largest absolute Gasteiger partial charge is 0.497 e. The van der Waals surface area contributed by atoms with Crippen LogP contribution in [0.4, 0.5) is 0 Å². The van der Waals surface area contributed by atoms with Crippen LogP contribution in [0.2, 0.25) is 0 Å². The van der Waals surface area contributed by atoms with Gasteiger partial charge in [-0.25, -0.2) is 0 Å². The van der Waals surface area contributed by atoms with E-state index in [1.54, 1.807) is 7.11 Å². The lowest BCUT2D eigenvalue weighted by molar-refractivity contribution is -0.0903. The molecule has 4 rings (SSSR count). The first-order valence-electron chi connectivity index (χ1n) is 8.94. The lowest BCUT2D eigenvalue weighted by atomic mass is 9.55. The van der Waals surface area contributed by atoms with Gasteiger partial charge in [0, 0.05) is 0 Å². The number of aryl methyl sites for hydroxylation is 1. The van der Waals surface area contributed by atoms with Gasteiger partial charge in [0.15, 0.2) is 0 Å². The summed E-state index contributed by atoms with van der Waals surface area (Å²) in [5.41, 5.74) is 1.84. The maximum Gasteiger partial charge on any atom is 0.119 e. The number of fused-ring (bicyclic) bond motifs is 5. The first-order chi connectivity index (χ1) is 10.9. The van der Waals surface area contributed by atoms with Gasteiger partial charge in [0.2, 0.25) is 0 Å². The van der Waals surface area contributed by atoms with E-state index in [1.807, 2.05) is 6.92 Å². The third-order valence-electron chi connectivity index (χ3n) is 7.22. The highest BCUT2D eigenvalue weighted by Gasteiger charge is 2.61. The second-order valence-electron chi connectivity index (χ2n) is 8.49. The van der Waals surface area contributed by atoms with Crippen molar-refractivity contribution in [2.24, 2.45) is 17.3 Å². The highest BCUT2D eigenvalue weighted by atomic mass is 16.5. The number of rotatable bonds is 1. The molecule has 126 valence electrons. The van der Waals surface area contributed by atoms with Crippen LogP contribution in [0.1, 0.15) is 56.6 Å². The predicted molar refractivity (Wildman–Crippen MR) is 89.6 cm³/mol. The molecule has 1 aromatic rings. The van der Waals surface area contributed by atoms with E-state index in [0.717, 1.165) is 37.9 Å². The lowest BCUT2D eigenvalue weighted by Gasteiger charge is -2.50. The molecule has 3 aliphatic rings. The standard InChI is InChI=1S/C20H28O3/c1-19-9-8-15-14-7-5-13(23-3)10-12(14)4-6-16(15)17(19)11-20(2,22)18(19)21/h5,7,10,15-18,21-22H,4,6,8-9,11H2,1-3H3/t15-,16+,17-,18-,19-,20-/m0/s1. The Morgan fingerprint density at radius 1 is 1.22 bits per heavy atom. The van der Waals surface area contributed by atoms with Crippen molar-refractivity contribution in [2.45, 2.75) is 63.6 Å². The number of hydrogen-bond acceptors (Lipinski definition) is 3. The second-order valence-corrected chi connectivity index (χ2v) is 8.49. The number of methoxy groups -OCH3 is 1. The molecule has 0 saturated heterocycles. The first kappa shape index (κ1) is 15.5. The quantitative estimate of drug-likeness (QED) is 0.836. The number of hydrogen-bond donors (Lipinski definition) is 2. The molecule has 2 fully saturated rings. The van der Waals surface area contributed by atoms with Crippen molar-refractivity contribution in [3.63, 3.8) is 0 Å². The molecule has 0 amide bonds. The molecular formula is C20H28O3. The van der Waals surface area contributed by atoms with E-state index >= 15 is 0 Å². The Kier molecular flexibility index (Phi) is 3.34. The normalized spacial score (nSPS) is 45.1. The van der Waals surface area contributed by atoms with E-state index in [9.17, 15) is 10.2 Å². The van der Waals surface area contributed by atoms with E-state index in [2.05, 4.69) is 25.1 Å². The Morgan fingerprint density at radius 2 is 2.00 bits per heavy atom. The molecule has 0 radical (unpaired) electrons. The summed E-state index contributed by atoms with van der Waals surface area (Å²) in [6.45, 7) is 4.02. The smallest absolute Gasteiger partial charge is 0.119 e. The summed E-state index contributed by atoms with van der Waals surface area (Å²) in [5, 5.41) is 21.3. The minimum Gasteiger partial charge on any atom is -0.497 e. The summed E-state index contributed by atoms with van der Waals surface area (Å²) in [5.74, 6) is 2.52. The van der Waals surface area contributed by atoms with Crippen molar-refractivity contribution in [1.82, 2.24) is 0 Å². The summed E-state index contributed by atoms with van der Waals surface area (Å²) < 4.78 is 5.38. The van der Waals surface area contributed by atoms with Crippen molar-refractivity contribution < 1.29 is 14.9 Å². The zero-order valence-corrected chi connectivity index (χ0v) is 14.4. The topological polar surface area (TPSA) is 49.7 Å². The zero-order valence-electron chi connectivity index (χ0n) is 14.4. The summed E-state index contributed by atoms with van der Waals surface area (Å²) in [7, 11) is 1.72. The Hall–Kier alpha value is -1.06. The SMILES string of the molecule is COc1ccc2c(c1)CC[C@@H]1[C@H]2CC[C@@]2(C)[C@H]1C[C@](C)(O)[C@H]2O. The van der Waals surface area contributed by atoms with Crippen molar-refractivity contribution in [1.29, 1.82) is 0 Å². The highest BCUT2D eigenvalue weighted by Crippen LogP contribution is 2.63. The average Bonchev–Trinajstić information content (AvgIpc) is 2.73. The van der Waals surface area contributed by atoms with Crippen LogP contribution in [0.5, 0.6) is 5.75 Å². The van der Waals surface area contributed by atoms with Gasteiger partial charge >= 0.3 is 0 Å². The minimum absolute atomic E-state index is 0.130. The molecule has 0 aliphatic heterocycles. The van der Waals surface area contributed by atoms with Gasteiger partial charge in [-0.15, -0.1) is 0 Å². The van der Waals surface area contributed by atoms with Crippen LogP contribution >= 0.6 is 0 Å². The van der Waals surface area contributed by atoms with E-state index < -0.39 is 11.7 Å². The molecule has 0 aromatic heterocycles. The van der Waals surface area contributed by atoms with Crippen LogP contribution < -0.4 is 4.74 Å². The third kappa shape index (κ3) is 2.09. The van der Waals surface area contributed by atoms with Crippen LogP contribution in [0.15, 0.2) is 18.2 Å². The summed E-state index contributed by atoms with van der Waals surface area (Å²) in [6, 6.07) is 6.52. The Balaban J connectivity index is 1.70. The molecular weight excluding hydrogens is 288 g/mol. The van der Waals surface area contributed by atoms with Gasteiger partial charge in [0.05, 0.1) is 18.8 Å². The zero-order chi connectivity index (χ0) is 16.4. The first-order valence-corrected chi connectivity index (χ1v) is 8.94. The van der Waals surface area contributed by atoms with Gasteiger partial charge < -0.3 is 14.9 Å².